The molecule has 13 heteroatoms. The Bertz CT molecular complexity index is 1460. The summed E-state index contributed by atoms with van der Waals surface area (Å²) in [6.45, 7) is 5.87. The Morgan fingerprint density at radius 3 is 2.49 bits per heavy atom. The summed E-state index contributed by atoms with van der Waals surface area (Å²) in [5.74, 6) is 1.68. The molecule has 4 aliphatic heterocycles. The maximum absolute atomic E-state index is 12.0. The Labute approximate surface area is 247 Å². The van der Waals surface area contributed by atoms with Gasteiger partial charge in [0.25, 0.3) is 0 Å². The number of nitrogens with zero attached hydrogens (tertiary/aromatic N) is 4. The van der Waals surface area contributed by atoms with Gasteiger partial charge in [-0.05, 0) is 18.6 Å². The van der Waals surface area contributed by atoms with Gasteiger partial charge in [-0.1, -0.05) is 29.8 Å². The van der Waals surface area contributed by atoms with Gasteiger partial charge in [-0.25, -0.2) is 15.0 Å². The Morgan fingerprint density at radius 1 is 1.12 bits per heavy atom. The summed E-state index contributed by atoms with van der Waals surface area (Å²) < 4.78 is 22.5. The molecule has 4 fully saturated rings. The van der Waals surface area contributed by atoms with Crippen LogP contribution < -0.4 is 25.0 Å². The SMILES string of the molecule is C=CC(=O)N[C@H]1CCOC[C@H]1Nc1ncc2cc(-c3c(Cl)c(OC)cc(OC)c3Cl)nc(N3CC4CC(C3)O4)c2n1. The van der Waals surface area contributed by atoms with Crippen LogP contribution in [0.15, 0.2) is 31.0 Å². The van der Waals surface area contributed by atoms with Crippen molar-refractivity contribution < 1.29 is 23.7 Å². The van der Waals surface area contributed by atoms with Crippen LogP contribution in [0.4, 0.5) is 11.8 Å². The fraction of sp³-hybridized carbons (Fsp3) is 0.429. The number of nitrogens with one attached hydrogen (secondary N) is 2. The fourth-order valence-corrected chi connectivity index (χ4v) is 6.23. The van der Waals surface area contributed by atoms with Crippen molar-refractivity contribution in [2.24, 2.45) is 0 Å². The van der Waals surface area contributed by atoms with Gasteiger partial charge in [-0.2, -0.15) is 0 Å². The molecule has 3 aromatic rings. The minimum Gasteiger partial charge on any atom is -0.495 e. The summed E-state index contributed by atoms with van der Waals surface area (Å²) in [5, 5.41) is 7.72. The lowest BCUT2D eigenvalue weighted by Gasteiger charge is -2.47. The lowest BCUT2D eigenvalue weighted by molar-refractivity contribution is -0.133. The van der Waals surface area contributed by atoms with Crippen molar-refractivity contribution in [2.45, 2.75) is 37.1 Å². The van der Waals surface area contributed by atoms with Gasteiger partial charge in [0, 0.05) is 49.3 Å². The summed E-state index contributed by atoms with van der Waals surface area (Å²) >= 11 is 13.5. The Morgan fingerprint density at radius 2 is 1.83 bits per heavy atom. The van der Waals surface area contributed by atoms with Gasteiger partial charge in [0.2, 0.25) is 11.9 Å². The molecule has 11 nitrogen and oxygen atoms in total. The first-order valence-corrected chi connectivity index (χ1v) is 14.1. The lowest BCUT2D eigenvalue weighted by atomic mass is 9.98. The van der Waals surface area contributed by atoms with E-state index in [-0.39, 0.29) is 30.2 Å². The van der Waals surface area contributed by atoms with Crippen molar-refractivity contribution in [3.8, 4) is 22.8 Å². The number of hydrogen-bond donors (Lipinski definition) is 2. The van der Waals surface area contributed by atoms with Crippen LogP contribution in [-0.4, -0.2) is 85.7 Å². The molecular weight excluding hydrogens is 571 g/mol. The number of pyridine rings is 1. The van der Waals surface area contributed by atoms with Crippen LogP contribution in [0.2, 0.25) is 10.0 Å². The fourth-order valence-electron chi connectivity index (χ4n) is 5.54. The maximum Gasteiger partial charge on any atom is 0.243 e. The highest BCUT2D eigenvalue weighted by Crippen LogP contribution is 2.46. The summed E-state index contributed by atoms with van der Waals surface area (Å²) in [6.07, 6.45) is 4.97. The first-order chi connectivity index (χ1) is 19.9. The number of morpholine rings is 1. The predicted octanol–water partition coefficient (Wildman–Crippen LogP) is 3.86. The zero-order chi connectivity index (χ0) is 28.7. The number of carbonyl (C=O) groups excluding carboxylic acids is 1. The molecule has 7 rings (SSSR count). The molecule has 4 aliphatic rings. The number of rotatable bonds is 8. The lowest BCUT2D eigenvalue weighted by Crippen LogP contribution is -2.57. The van der Waals surface area contributed by atoms with Crippen LogP contribution >= 0.6 is 23.2 Å². The van der Waals surface area contributed by atoms with Crippen molar-refractivity contribution >= 4 is 51.8 Å². The van der Waals surface area contributed by atoms with E-state index in [0.29, 0.717) is 82.8 Å². The molecule has 2 unspecified atom stereocenters. The third-order valence-electron chi connectivity index (χ3n) is 7.62. The molecule has 0 aliphatic carbocycles. The number of methoxy groups -OCH3 is 2. The average Bonchev–Trinajstić information content (AvgIpc) is 2.97. The normalized spacial score (nSPS) is 23.5. The maximum atomic E-state index is 12.0. The summed E-state index contributed by atoms with van der Waals surface area (Å²) in [6, 6.07) is 3.12. The predicted molar refractivity (Wildman–Crippen MR) is 156 cm³/mol. The number of carbonyl (C=O) groups is 1. The molecule has 2 N–H and O–H groups in total. The molecule has 216 valence electrons. The number of halogens is 2. The van der Waals surface area contributed by atoms with E-state index in [1.54, 1.807) is 12.3 Å². The molecule has 1 aromatic carbocycles. The van der Waals surface area contributed by atoms with Crippen molar-refractivity contribution in [1.82, 2.24) is 20.3 Å². The number of hydrogen-bond acceptors (Lipinski definition) is 10. The third kappa shape index (κ3) is 5.34. The van der Waals surface area contributed by atoms with Gasteiger partial charge in [0.05, 0.1) is 60.9 Å². The number of fused-ring (bicyclic) bond motifs is 3. The van der Waals surface area contributed by atoms with Gasteiger partial charge in [0.1, 0.15) is 17.0 Å². The number of piperidine rings is 1. The van der Waals surface area contributed by atoms with Crippen LogP contribution in [0, 0.1) is 0 Å². The van der Waals surface area contributed by atoms with Crippen LogP contribution in [0.3, 0.4) is 0 Å². The van der Waals surface area contributed by atoms with E-state index < -0.39 is 0 Å². The third-order valence-corrected chi connectivity index (χ3v) is 8.37. The molecule has 1 amide bonds. The standard InChI is InChI=1S/C28H30Cl2N6O5/c1-4-22(37)32-17-5-6-40-13-19(17)34-28-31-10-14-7-18(23-24(29)20(38-2)9-21(39-3)25(23)30)33-27(26(14)35-28)36-11-15-8-16(12-36)41-15/h4,7,9-10,15-17,19H,1,5-6,8,11-13H2,2-3H3,(H,32,37)(H,31,34,35)/t15?,16?,17-,19+/m0/s1. The first-order valence-electron chi connectivity index (χ1n) is 13.3. The van der Waals surface area contributed by atoms with Crippen LogP contribution in [0.25, 0.3) is 22.2 Å². The highest BCUT2D eigenvalue weighted by Gasteiger charge is 2.39. The van der Waals surface area contributed by atoms with Gasteiger partial charge in [-0.15, -0.1) is 0 Å². The van der Waals surface area contributed by atoms with Crippen molar-refractivity contribution in [3.63, 3.8) is 0 Å². The van der Waals surface area contributed by atoms with Gasteiger partial charge < -0.3 is 34.5 Å². The molecule has 2 bridgehead atoms. The molecule has 6 heterocycles. The second kappa shape index (κ2) is 11.5. The minimum atomic E-state index is -0.237. The van der Waals surface area contributed by atoms with E-state index in [0.717, 1.165) is 11.8 Å². The van der Waals surface area contributed by atoms with Crippen LogP contribution in [-0.2, 0) is 14.3 Å². The number of anilines is 2. The summed E-state index contributed by atoms with van der Waals surface area (Å²) in [4.78, 5) is 28.7. The van der Waals surface area contributed by atoms with Crippen LogP contribution in [0.5, 0.6) is 11.5 Å². The second-order valence-electron chi connectivity index (χ2n) is 10.2. The topological polar surface area (TPSA) is 120 Å². The van der Waals surface area contributed by atoms with Gasteiger partial charge in [-0.3, -0.25) is 4.79 Å². The number of amides is 1. The highest BCUT2D eigenvalue weighted by atomic mass is 35.5. The van der Waals surface area contributed by atoms with Gasteiger partial charge >= 0.3 is 0 Å². The zero-order valence-electron chi connectivity index (χ0n) is 22.7. The summed E-state index contributed by atoms with van der Waals surface area (Å²) in [5.41, 5.74) is 1.70. The number of aromatic nitrogens is 3. The smallest absolute Gasteiger partial charge is 0.243 e. The van der Waals surface area contributed by atoms with E-state index >= 15 is 0 Å². The minimum absolute atomic E-state index is 0.145. The molecule has 41 heavy (non-hydrogen) atoms. The van der Waals surface area contributed by atoms with Crippen LogP contribution in [0.1, 0.15) is 12.8 Å². The average molecular weight is 601 g/mol. The monoisotopic (exact) mass is 600 g/mol. The zero-order valence-corrected chi connectivity index (χ0v) is 24.2. The highest BCUT2D eigenvalue weighted by molar-refractivity contribution is 6.41. The Hall–Kier alpha value is -3.38. The molecule has 4 atom stereocenters. The van der Waals surface area contributed by atoms with Crippen molar-refractivity contribution in [2.75, 3.05) is 50.7 Å². The molecule has 2 aromatic heterocycles. The first kappa shape index (κ1) is 27.8. The largest absolute Gasteiger partial charge is 0.495 e. The molecule has 0 radical (unpaired) electrons. The molecule has 0 spiro atoms. The quantitative estimate of drug-likeness (QED) is 0.369. The van der Waals surface area contributed by atoms with Gasteiger partial charge in [0.15, 0.2) is 5.82 Å². The molecular formula is C28H30Cl2N6O5. The number of ether oxygens (including phenoxy) is 4. The van der Waals surface area contributed by atoms with E-state index in [4.69, 9.17) is 52.1 Å². The van der Waals surface area contributed by atoms with E-state index in [9.17, 15) is 4.79 Å². The Balaban J connectivity index is 1.43. The van der Waals surface area contributed by atoms with Crippen molar-refractivity contribution in [1.29, 1.82) is 0 Å². The van der Waals surface area contributed by atoms with E-state index in [1.807, 2.05) is 6.07 Å². The second-order valence-corrected chi connectivity index (χ2v) is 11.0. The Kier molecular flexibility index (Phi) is 7.78. The van der Waals surface area contributed by atoms with E-state index in [1.165, 1.54) is 20.3 Å². The number of benzene rings is 1. The van der Waals surface area contributed by atoms with Crippen molar-refractivity contribution in [3.05, 3.63) is 41.0 Å². The molecule has 4 saturated heterocycles. The summed E-state index contributed by atoms with van der Waals surface area (Å²) in [7, 11) is 3.06. The van der Waals surface area contributed by atoms with E-state index in [2.05, 4.69) is 27.1 Å². The molecule has 0 saturated carbocycles.